The molecule has 3 rings (SSSR count). The molecule has 1 aromatic carbocycles. The van der Waals surface area contributed by atoms with Gasteiger partial charge in [-0.3, -0.25) is 0 Å². The van der Waals surface area contributed by atoms with Gasteiger partial charge < -0.3 is 14.8 Å². The first-order chi connectivity index (χ1) is 7.81. The molecule has 0 bridgehead atoms. The van der Waals surface area contributed by atoms with Crippen molar-refractivity contribution in [2.75, 3.05) is 13.7 Å². The Balaban J connectivity index is 1.69. The molecule has 1 heterocycles. The molecule has 1 saturated carbocycles. The normalized spacial score (nSPS) is 25.2. The van der Waals surface area contributed by atoms with E-state index >= 15 is 0 Å². The SMILES string of the molecule is CNC1(CC2COc3ccccc3O2)CC1. The van der Waals surface area contributed by atoms with E-state index in [0.717, 1.165) is 17.9 Å². The number of rotatable bonds is 3. The molecule has 0 spiro atoms. The monoisotopic (exact) mass is 219 g/mol. The van der Waals surface area contributed by atoms with Crippen LogP contribution in [0.5, 0.6) is 11.5 Å². The molecule has 1 unspecified atom stereocenters. The van der Waals surface area contributed by atoms with Crippen LogP contribution in [-0.4, -0.2) is 25.3 Å². The van der Waals surface area contributed by atoms with Crippen molar-refractivity contribution in [3.05, 3.63) is 24.3 Å². The summed E-state index contributed by atoms with van der Waals surface area (Å²) < 4.78 is 11.6. The van der Waals surface area contributed by atoms with Gasteiger partial charge in [-0.25, -0.2) is 0 Å². The highest BCUT2D eigenvalue weighted by atomic mass is 16.6. The lowest BCUT2D eigenvalue weighted by molar-refractivity contribution is 0.0748. The van der Waals surface area contributed by atoms with Crippen molar-refractivity contribution in [3.8, 4) is 11.5 Å². The Morgan fingerprint density at radius 3 is 2.75 bits per heavy atom. The third-order valence-electron chi connectivity index (χ3n) is 3.57. The highest BCUT2D eigenvalue weighted by Crippen LogP contribution is 2.41. The van der Waals surface area contributed by atoms with Crippen molar-refractivity contribution in [1.82, 2.24) is 5.32 Å². The van der Waals surface area contributed by atoms with E-state index in [4.69, 9.17) is 9.47 Å². The third kappa shape index (κ3) is 1.76. The minimum absolute atomic E-state index is 0.185. The van der Waals surface area contributed by atoms with Crippen molar-refractivity contribution in [2.45, 2.75) is 30.9 Å². The standard InChI is InChI=1S/C13H17NO2/c1-14-13(6-7-13)8-10-9-15-11-4-2-3-5-12(11)16-10/h2-5,10,14H,6-9H2,1H3. The fourth-order valence-electron chi connectivity index (χ4n) is 2.31. The quantitative estimate of drug-likeness (QED) is 0.843. The molecule has 3 heteroatoms. The summed E-state index contributed by atoms with van der Waals surface area (Å²) in [6.45, 7) is 0.667. The van der Waals surface area contributed by atoms with Crippen molar-refractivity contribution in [3.63, 3.8) is 0 Å². The molecule has 1 fully saturated rings. The summed E-state index contributed by atoms with van der Waals surface area (Å²) in [6.07, 6.45) is 3.73. The molecule has 1 N–H and O–H groups in total. The molecule has 2 aliphatic rings. The molecule has 1 atom stereocenters. The van der Waals surface area contributed by atoms with Crippen molar-refractivity contribution < 1.29 is 9.47 Å². The number of hydrogen-bond donors (Lipinski definition) is 1. The molecule has 0 aromatic heterocycles. The second-order valence-corrected chi connectivity index (χ2v) is 4.73. The van der Waals surface area contributed by atoms with Crippen LogP contribution in [0.1, 0.15) is 19.3 Å². The van der Waals surface area contributed by atoms with E-state index in [1.54, 1.807) is 0 Å². The van der Waals surface area contributed by atoms with Crippen LogP contribution < -0.4 is 14.8 Å². The minimum Gasteiger partial charge on any atom is -0.486 e. The van der Waals surface area contributed by atoms with E-state index in [9.17, 15) is 0 Å². The summed E-state index contributed by atoms with van der Waals surface area (Å²) in [6, 6.07) is 7.88. The molecule has 86 valence electrons. The predicted octanol–water partition coefficient (Wildman–Crippen LogP) is 1.97. The van der Waals surface area contributed by atoms with E-state index in [2.05, 4.69) is 5.32 Å². The van der Waals surface area contributed by atoms with E-state index in [-0.39, 0.29) is 6.10 Å². The number of benzene rings is 1. The Bertz CT molecular complexity index is 387. The number of hydrogen-bond acceptors (Lipinski definition) is 3. The smallest absolute Gasteiger partial charge is 0.161 e. The fraction of sp³-hybridized carbons (Fsp3) is 0.538. The highest BCUT2D eigenvalue weighted by Gasteiger charge is 2.44. The first-order valence-corrected chi connectivity index (χ1v) is 5.89. The summed E-state index contributed by atoms with van der Waals surface area (Å²) in [7, 11) is 2.03. The molecule has 0 amide bonds. The average Bonchev–Trinajstić information content (AvgIpc) is 3.09. The zero-order chi connectivity index (χ0) is 11.0. The third-order valence-corrected chi connectivity index (χ3v) is 3.57. The summed E-state index contributed by atoms with van der Waals surface area (Å²) in [5.74, 6) is 1.75. The van der Waals surface area contributed by atoms with Crippen LogP contribution in [0, 0.1) is 0 Å². The van der Waals surface area contributed by atoms with Gasteiger partial charge in [0.15, 0.2) is 11.5 Å². The zero-order valence-electron chi connectivity index (χ0n) is 9.53. The summed E-state index contributed by atoms with van der Waals surface area (Å²) in [4.78, 5) is 0. The van der Waals surface area contributed by atoms with Crippen LogP contribution in [0.3, 0.4) is 0 Å². The zero-order valence-corrected chi connectivity index (χ0v) is 9.53. The summed E-state index contributed by atoms with van der Waals surface area (Å²) in [5, 5.41) is 3.39. The van der Waals surface area contributed by atoms with Gasteiger partial charge in [-0.15, -0.1) is 0 Å². The summed E-state index contributed by atoms with van der Waals surface area (Å²) in [5.41, 5.74) is 0.320. The van der Waals surface area contributed by atoms with Crippen LogP contribution in [-0.2, 0) is 0 Å². The molecule has 1 aliphatic carbocycles. The van der Waals surface area contributed by atoms with Crippen LogP contribution in [0.4, 0.5) is 0 Å². The van der Waals surface area contributed by atoms with Gasteiger partial charge in [0.25, 0.3) is 0 Å². The molecule has 16 heavy (non-hydrogen) atoms. The largest absolute Gasteiger partial charge is 0.486 e. The maximum Gasteiger partial charge on any atom is 0.161 e. The molecule has 1 aliphatic heterocycles. The van der Waals surface area contributed by atoms with Crippen molar-refractivity contribution in [1.29, 1.82) is 0 Å². The van der Waals surface area contributed by atoms with E-state index in [1.165, 1.54) is 12.8 Å². The van der Waals surface area contributed by atoms with Gasteiger partial charge in [0.05, 0.1) is 0 Å². The Labute approximate surface area is 95.8 Å². The molecule has 0 saturated heterocycles. The number of fused-ring (bicyclic) bond motifs is 1. The second-order valence-electron chi connectivity index (χ2n) is 4.73. The fourth-order valence-corrected chi connectivity index (χ4v) is 2.31. The lowest BCUT2D eigenvalue weighted by atomic mass is 10.1. The van der Waals surface area contributed by atoms with Gasteiger partial charge >= 0.3 is 0 Å². The van der Waals surface area contributed by atoms with Crippen molar-refractivity contribution >= 4 is 0 Å². The van der Waals surface area contributed by atoms with Crippen LogP contribution in [0.15, 0.2) is 24.3 Å². The maximum atomic E-state index is 5.94. The maximum absolute atomic E-state index is 5.94. The lowest BCUT2D eigenvalue weighted by Crippen LogP contribution is -2.38. The van der Waals surface area contributed by atoms with Crippen LogP contribution in [0.25, 0.3) is 0 Å². The minimum atomic E-state index is 0.185. The second kappa shape index (κ2) is 3.67. The predicted molar refractivity (Wildman–Crippen MR) is 62.0 cm³/mol. The first kappa shape index (κ1) is 9.97. The molecular formula is C13H17NO2. The molecule has 0 radical (unpaired) electrons. The van der Waals surface area contributed by atoms with E-state index < -0.39 is 0 Å². The Hall–Kier alpha value is -1.22. The Morgan fingerprint density at radius 1 is 1.31 bits per heavy atom. The van der Waals surface area contributed by atoms with Gasteiger partial charge in [0.2, 0.25) is 0 Å². The Morgan fingerprint density at radius 2 is 2.06 bits per heavy atom. The molecule has 3 nitrogen and oxygen atoms in total. The summed E-state index contributed by atoms with van der Waals surface area (Å²) >= 11 is 0. The lowest BCUT2D eigenvalue weighted by Gasteiger charge is -2.29. The van der Waals surface area contributed by atoms with Crippen LogP contribution in [0.2, 0.25) is 0 Å². The number of para-hydroxylation sites is 2. The van der Waals surface area contributed by atoms with Gasteiger partial charge in [-0.2, -0.15) is 0 Å². The van der Waals surface area contributed by atoms with Gasteiger partial charge in [0, 0.05) is 12.0 Å². The number of nitrogens with one attached hydrogen (secondary N) is 1. The topological polar surface area (TPSA) is 30.5 Å². The van der Waals surface area contributed by atoms with Crippen LogP contribution >= 0.6 is 0 Å². The van der Waals surface area contributed by atoms with Gasteiger partial charge in [0.1, 0.15) is 12.7 Å². The van der Waals surface area contributed by atoms with E-state index in [1.807, 2.05) is 31.3 Å². The molecule has 1 aromatic rings. The van der Waals surface area contributed by atoms with Crippen molar-refractivity contribution in [2.24, 2.45) is 0 Å². The Kier molecular flexibility index (Phi) is 2.28. The first-order valence-electron chi connectivity index (χ1n) is 5.89. The highest BCUT2D eigenvalue weighted by molar-refractivity contribution is 5.40. The van der Waals surface area contributed by atoms with E-state index in [0.29, 0.717) is 12.1 Å². The van der Waals surface area contributed by atoms with Gasteiger partial charge in [-0.05, 0) is 32.0 Å². The molecular weight excluding hydrogens is 202 g/mol. The number of ether oxygens (including phenoxy) is 2. The van der Waals surface area contributed by atoms with Gasteiger partial charge in [-0.1, -0.05) is 12.1 Å². The average molecular weight is 219 g/mol.